The quantitative estimate of drug-likeness (QED) is 0.565. The summed E-state index contributed by atoms with van der Waals surface area (Å²) in [6, 6.07) is 14.4. The lowest BCUT2D eigenvalue weighted by Crippen LogP contribution is -2.32. The van der Waals surface area contributed by atoms with Crippen molar-refractivity contribution < 1.29 is 21.6 Å². The van der Waals surface area contributed by atoms with Crippen LogP contribution in [0, 0.1) is 0 Å². The van der Waals surface area contributed by atoms with Crippen LogP contribution in [0.25, 0.3) is 0 Å². The molecular formula is C21H28N2O5S2. The average molecular weight is 453 g/mol. The second-order valence-corrected chi connectivity index (χ2v) is 11.0. The number of nitrogens with zero attached hydrogens (tertiary/aromatic N) is 1. The molecule has 0 atom stereocenters. The van der Waals surface area contributed by atoms with E-state index in [-0.39, 0.29) is 10.6 Å². The predicted molar refractivity (Wildman–Crippen MR) is 118 cm³/mol. The molecule has 1 amide bonds. The van der Waals surface area contributed by atoms with Crippen LogP contribution < -0.4 is 5.32 Å². The molecule has 30 heavy (non-hydrogen) atoms. The normalized spacial score (nSPS) is 12.1. The van der Waals surface area contributed by atoms with Crippen molar-refractivity contribution in [1.29, 1.82) is 0 Å². The van der Waals surface area contributed by atoms with E-state index in [1.54, 1.807) is 30.3 Å². The number of anilines is 1. The number of rotatable bonds is 11. The topological polar surface area (TPSA) is 101 Å². The molecule has 0 aliphatic rings. The van der Waals surface area contributed by atoms with E-state index in [4.69, 9.17) is 0 Å². The summed E-state index contributed by atoms with van der Waals surface area (Å²) in [6.07, 6.45) is 1.43. The third kappa shape index (κ3) is 6.93. The predicted octanol–water partition coefficient (Wildman–Crippen LogP) is 3.05. The van der Waals surface area contributed by atoms with Gasteiger partial charge in [0.05, 0.1) is 10.6 Å². The summed E-state index contributed by atoms with van der Waals surface area (Å²) >= 11 is 0. The molecule has 1 N–H and O–H groups in total. The Hall–Kier alpha value is -2.23. The second kappa shape index (κ2) is 10.7. The number of sulfonamides is 1. The molecule has 0 saturated carbocycles. The molecule has 2 aromatic rings. The van der Waals surface area contributed by atoms with Gasteiger partial charge in [0, 0.05) is 18.8 Å². The molecule has 0 fully saturated rings. The summed E-state index contributed by atoms with van der Waals surface area (Å²) in [5.41, 5.74) is 0.954. The highest BCUT2D eigenvalue weighted by Crippen LogP contribution is 2.19. The fourth-order valence-corrected chi connectivity index (χ4v) is 5.88. The minimum Gasteiger partial charge on any atom is -0.325 e. The highest BCUT2D eigenvalue weighted by Gasteiger charge is 2.23. The molecule has 0 heterocycles. The summed E-state index contributed by atoms with van der Waals surface area (Å²) < 4.78 is 51.5. The SMILES string of the molecule is CCCN(CCC)S(=O)(=O)c1ccc(NC(=O)CS(=O)(=O)Cc2ccccc2)cc1. The number of sulfone groups is 1. The zero-order chi connectivity index (χ0) is 22.2. The molecule has 0 aliphatic carbocycles. The van der Waals surface area contributed by atoms with Crippen LogP contribution in [0.15, 0.2) is 59.5 Å². The molecule has 0 bridgehead atoms. The van der Waals surface area contributed by atoms with E-state index in [0.717, 1.165) is 0 Å². The molecule has 0 aliphatic heterocycles. The zero-order valence-corrected chi connectivity index (χ0v) is 18.9. The van der Waals surface area contributed by atoms with Crippen LogP contribution in [0.4, 0.5) is 5.69 Å². The summed E-state index contributed by atoms with van der Waals surface area (Å²) in [4.78, 5) is 12.3. The number of hydrogen-bond donors (Lipinski definition) is 1. The van der Waals surface area contributed by atoms with Gasteiger partial charge >= 0.3 is 0 Å². The smallest absolute Gasteiger partial charge is 0.243 e. The molecule has 0 saturated heterocycles. The van der Waals surface area contributed by atoms with Crippen LogP contribution in [0.5, 0.6) is 0 Å². The molecular weight excluding hydrogens is 424 g/mol. The Bertz CT molecular complexity index is 1030. The lowest BCUT2D eigenvalue weighted by molar-refractivity contribution is -0.113. The van der Waals surface area contributed by atoms with Crippen molar-refractivity contribution in [3.8, 4) is 0 Å². The third-order valence-electron chi connectivity index (χ3n) is 4.30. The Labute approximate surface area is 179 Å². The average Bonchev–Trinajstić information content (AvgIpc) is 2.68. The Balaban J connectivity index is 2.03. The van der Waals surface area contributed by atoms with Crippen molar-refractivity contribution in [2.45, 2.75) is 37.3 Å². The van der Waals surface area contributed by atoms with Gasteiger partial charge in [0.2, 0.25) is 15.9 Å². The highest BCUT2D eigenvalue weighted by molar-refractivity contribution is 7.91. The van der Waals surface area contributed by atoms with Gasteiger partial charge in [-0.2, -0.15) is 4.31 Å². The number of benzene rings is 2. The Kier molecular flexibility index (Phi) is 8.57. The molecule has 0 spiro atoms. The number of carbonyl (C=O) groups excluding carboxylic acids is 1. The maximum absolute atomic E-state index is 12.8. The van der Waals surface area contributed by atoms with Crippen LogP contribution in [0.3, 0.4) is 0 Å². The summed E-state index contributed by atoms with van der Waals surface area (Å²) in [6.45, 7) is 4.72. The molecule has 2 aromatic carbocycles. The molecule has 0 radical (unpaired) electrons. The van der Waals surface area contributed by atoms with Gasteiger partial charge < -0.3 is 5.32 Å². The molecule has 7 nitrogen and oxygen atoms in total. The molecule has 0 unspecified atom stereocenters. The van der Waals surface area contributed by atoms with Gasteiger partial charge in [-0.15, -0.1) is 0 Å². The first-order valence-electron chi connectivity index (χ1n) is 9.82. The summed E-state index contributed by atoms with van der Waals surface area (Å²) in [5.74, 6) is -1.54. The number of hydrogen-bond acceptors (Lipinski definition) is 5. The molecule has 0 aromatic heterocycles. The van der Waals surface area contributed by atoms with E-state index in [1.807, 2.05) is 13.8 Å². The first-order valence-corrected chi connectivity index (χ1v) is 13.1. The Morgan fingerprint density at radius 1 is 0.867 bits per heavy atom. The van der Waals surface area contributed by atoms with Crippen LogP contribution in [-0.2, 0) is 30.4 Å². The van der Waals surface area contributed by atoms with Crippen molar-refractivity contribution in [2.24, 2.45) is 0 Å². The number of carbonyl (C=O) groups is 1. The molecule has 164 valence electrons. The highest BCUT2D eigenvalue weighted by atomic mass is 32.2. The first kappa shape index (κ1) is 24.0. The van der Waals surface area contributed by atoms with E-state index in [9.17, 15) is 21.6 Å². The fourth-order valence-electron chi connectivity index (χ4n) is 2.99. The van der Waals surface area contributed by atoms with Crippen molar-refractivity contribution in [2.75, 3.05) is 24.2 Å². The van der Waals surface area contributed by atoms with Gasteiger partial charge in [0.15, 0.2) is 9.84 Å². The summed E-state index contributed by atoms with van der Waals surface area (Å²) in [5, 5.41) is 2.52. The fraction of sp³-hybridized carbons (Fsp3) is 0.381. The van der Waals surface area contributed by atoms with Crippen LogP contribution in [0.2, 0.25) is 0 Å². The standard InChI is InChI=1S/C21H28N2O5S2/c1-3-14-23(15-4-2)30(27,28)20-12-10-19(11-13-20)22-21(24)17-29(25,26)16-18-8-6-5-7-9-18/h5-13H,3-4,14-17H2,1-2H3,(H,22,24). The largest absolute Gasteiger partial charge is 0.325 e. The van der Waals surface area contributed by atoms with E-state index >= 15 is 0 Å². The first-order chi connectivity index (χ1) is 14.2. The maximum Gasteiger partial charge on any atom is 0.243 e. The van der Waals surface area contributed by atoms with Crippen molar-refractivity contribution in [1.82, 2.24) is 4.31 Å². The van der Waals surface area contributed by atoms with Crippen LogP contribution in [0.1, 0.15) is 32.3 Å². The number of nitrogens with one attached hydrogen (secondary N) is 1. The van der Waals surface area contributed by atoms with Gasteiger partial charge in [0.1, 0.15) is 5.75 Å². The van der Waals surface area contributed by atoms with E-state index < -0.39 is 31.5 Å². The maximum atomic E-state index is 12.8. The van der Waals surface area contributed by atoms with E-state index in [0.29, 0.717) is 37.2 Å². The van der Waals surface area contributed by atoms with Gasteiger partial charge in [0.25, 0.3) is 0 Å². The Morgan fingerprint density at radius 3 is 1.97 bits per heavy atom. The van der Waals surface area contributed by atoms with Crippen molar-refractivity contribution >= 4 is 31.5 Å². The molecule has 2 rings (SSSR count). The third-order valence-corrected chi connectivity index (χ3v) is 7.69. The minimum absolute atomic E-state index is 0.138. The zero-order valence-electron chi connectivity index (χ0n) is 17.2. The van der Waals surface area contributed by atoms with Gasteiger partial charge in [-0.05, 0) is 42.7 Å². The monoisotopic (exact) mass is 452 g/mol. The Morgan fingerprint density at radius 2 is 1.43 bits per heavy atom. The lowest BCUT2D eigenvalue weighted by Gasteiger charge is -2.21. The van der Waals surface area contributed by atoms with Crippen molar-refractivity contribution in [3.05, 3.63) is 60.2 Å². The second-order valence-electron chi connectivity index (χ2n) is 6.99. The van der Waals surface area contributed by atoms with Crippen molar-refractivity contribution in [3.63, 3.8) is 0 Å². The van der Waals surface area contributed by atoms with E-state index in [2.05, 4.69) is 5.32 Å². The van der Waals surface area contributed by atoms with Gasteiger partial charge in [-0.25, -0.2) is 16.8 Å². The van der Waals surface area contributed by atoms with Crippen LogP contribution >= 0.6 is 0 Å². The van der Waals surface area contributed by atoms with Gasteiger partial charge in [-0.3, -0.25) is 4.79 Å². The van der Waals surface area contributed by atoms with Gasteiger partial charge in [-0.1, -0.05) is 44.2 Å². The molecule has 9 heteroatoms. The van der Waals surface area contributed by atoms with Crippen LogP contribution in [-0.4, -0.2) is 45.9 Å². The minimum atomic E-state index is -3.62. The lowest BCUT2D eigenvalue weighted by atomic mass is 10.2. The van der Waals surface area contributed by atoms with E-state index in [1.165, 1.54) is 28.6 Å². The summed E-state index contributed by atoms with van der Waals surface area (Å²) in [7, 11) is -7.23. The number of amides is 1.